The summed E-state index contributed by atoms with van der Waals surface area (Å²) >= 11 is 0. The highest BCUT2D eigenvalue weighted by Crippen LogP contribution is 1.81. The van der Waals surface area contributed by atoms with Crippen molar-refractivity contribution in [3.05, 3.63) is 0 Å². The largest absolute Gasteiger partial charge is 0.382 e. The van der Waals surface area contributed by atoms with Crippen LogP contribution in [0.4, 0.5) is 0 Å². The molecular weight excluding hydrogens is 168 g/mol. The summed E-state index contributed by atoms with van der Waals surface area (Å²) in [7, 11) is 1.68. The fourth-order valence-electron chi connectivity index (χ4n) is 0.896. The molecule has 0 saturated carbocycles. The van der Waals surface area contributed by atoms with Crippen LogP contribution in [0.1, 0.15) is 12.8 Å². The number of rotatable bonds is 10. The van der Waals surface area contributed by atoms with E-state index in [0.717, 1.165) is 39.1 Å². The van der Waals surface area contributed by atoms with Gasteiger partial charge in [0.25, 0.3) is 0 Å². The molecule has 0 spiro atoms. The summed E-state index contributed by atoms with van der Waals surface area (Å²) in [6.07, 6.45) is 2.10. The van der Waals surface area contributed by atoms with E-state index in [9.17, 15) is 0 Å². The third-order valence-electron chi connectivity index (χ3n) is 1.63. The molecule has 4 nitrogen and oxygen atoms in total. The van der Waals surface area contributed by atoms with E-state index in [0.29, 0.717) is 13.2 Å². The van der Waals surface area contributed by atoms with Crippen LogP contribution in [-0.4, -0.2) is 46.6 Å². The predicted octanol–water partition coefficient (Wildman–Crippen LogP) is -0.0221. The van der Waals surface area contributed by atoms with Gasteiger partial charge in [-0.25, -0.2) is 0 Å². The minimum Gasteiger partial charge on any atom is -0.382 e. The first-order valence-electron chi connectivity index (χ1n) is 4.89. The standard InChI is InChI=1S/C9H22N2O2/c1-12-8-9-13-7-3-6-11-5-2-4-10/h11H,2-10H2,1H3. The van der Waals surface area contributed by atoms with Crippen LogP contribution >= 0.6 is 0 Å². The average Bonchev–Trinajstić information content (AvgIpc) is 2.16. The Labute approximate surface area is 80.8 Å². The van der Waals surface area contributed by atoms with Crippen LogP contribution in [-0.2, 0) is 9.47 Å². The van der Waals surface area contributed by atoms with Crippen molar-refractivity contribution in [2.24, 2.45) is 5.73 Å². The fraction of sp³-hybridized carbons (Fsp3) is 1.00. The summed E-state index contributed by atoms with van der Waals surface area (Å²) in [5.41, 5.74) is 5.35. The van der Waals surface area contributed by atoms with Gasteiger partial charge in [-0.05, 0) is 32.5 Å². The summed E-state index contributed by atoms with van der Waals surface area (Å²) in [5, 5.41) is 3.29. The van der Waals surface area contributed by atoms with E-state index in [4.69, 9.17) is 15.2 Å². The van der Waals surface area contributed by atoms with Crippen molar-refractivity contribution >= 4 is 0 Å². The number of hydrogen-bond donors (Lipinski definition) is 2. The number of ether oxygens (including phenoxy) is 2. The van der Waals surface area contributed by atoms with Crippen molar-refractivity contribution in [2.75, 3.05) is 46.6 Å². The first-order valence-corrected chi connectivity index (χ1v) is 4.89. The van der Waals surface area contributed by atoms with Crippen molar-refractivity contribution in [1.29, 1.82) is 0 Å². The van der Waals surface area contributed by atoms with Crippen LogP contribution in [0.2, 0.25) is 0 Å². The molecule has 13 heavy (non-hydrogen) atoms. The Kier molecular flexibility index (Phi) is 11.7. The highest BCUT2D eigenvalue weighted by Gasteiger charge is 1.89. The minimum absolute atomic E-state index is 0.681. The second kappa shape index (κ2) is 11.8. The number of methoxy groups -OCH3 is 1. The topological polar surface area (TPSA) is 56.5 Å². The van der Waals surface area contributed by atoms with Gasteiger partial charge in [-0.15, -0.1) is 0 Å². The third-order valence-corrected chi connectivity index (χ3v) is 1.63. The van der Waals surface area contributed by atoms with Gasteiger partial charge < -0.3 is 20.5 Å². The summed E-state index contributed by atoms with van der Waals surface area (Å²) in [6.45, 7) is 4.96. The third kappa shape index (κ3) is 11.8. The Hall–Kier alpha value is -0.160. The molecule has 0 heterocycles. The van der Waals surface area contributed by atoms with Gasteiger partial charge in [0.05, 0.1) is 13.2 Å². The molecule has 0 aromatic carbocycles. The molecule has 0 aromatic rings. The number of nitrogens with two attached hydrogens (primary N) is 1. The van der Waals surface area contributed by atoms with Crippen molar-refractivity contribution in [2.45, 2.75) is 12.8 Å². The Bertz CT molecular complexity index is 81.7. The Morgan fingerprint density at radius 1 is 1.08 bits per heavy atom. The zero-order valence-electron chi connectivity index (χ0n) is 8.55. The van der Waals surface area contributed by atoms with Gasteiger partial charge in [0.1, 0.15) is 0 Å². The van der Waals surface area contributed by atoms with Gasteiger partial charge in [-0.3, -0.25) is 0 Å². The lowest BCUT2D eigenvalue weighted by Crippen LogP contribution is -2.20. The van der Waals surface area contributed by atoms with Crippen molar-refractivity contribution in [3.8, 4) is 0 Å². The maximum Gasteiger partial charge on any atom is 0.0700 e. The first kappa shape index (κ1) is 12.8. The van der Waals surface area contributed by atoms with E-state index >= 15 is 0 Å². The molecule has 0 aliphatic carbocycles. The molecule has 0 radical (unpaired) electrons. The monoisotopic (exact) mass is 190 g/mol. The molecule has 0 fully saturated rings. The highest BCUT2D eigenvalue weighted by molar-refractivity contribution is 4.48. The minimum atomic E-state index is 0.681. The van der Waals surface area contributed by atoms with Gasteiger partial charge >= 0.3 is 0 Å². The summed E-state index contributed by atoms with van der Waals surface area (Å²) in [5.74, 6) is 0. The van der Waals surface area contributed by atoms with Crippen molar-refractivity contribution < 1.29 is 9.47 Å². The Morgan fingerprint density at radius 3 is 2.54 bits per heavy atom. The molecule has 4 heteroatoms. The van der Waals surface area contributed by atoms with Crippen LogP contribution in [0.25, 0.3) is 0 Å². The Balaban J connectivity index is 2.76. The molecule has 0 unspecified atom stereocenters. The molecule has 0 aromatic heterocycles. The summed E-state index contributed by atoms with van der Waals surface area (Å²) in [4.78, 5) is 0. The average molecular weight is 190 g/mol. The zero-order chi connectivity index (χ0) is 9.78. The summed E-state index contributed by atoms with van der Waals surface area (Å²) < 4.78 is 10.1. The van der Waals surface area contributed by atoms with E-state index in [1.54, 1.807) is 7.11 Å². The molecule has 80 valence electrons. The van der Waals surface area contributed by atoms with E-state index in [1.807, 2.05) is 0 Å². The van der Waals surface area contributed by atoms with Crippen LogP contribution in [0.5, 0.6) is 0 Å². The quantitative estimate of drug-likeness (QED) is 0.475. The molecule has 0 rings (SSSR count). The SMILES string of the molecule is COCCOCCCNCCCN. The molecule has 3 N–H and O–H groups in total. The smallest absolute Gasteiger partial charge is 0.0700 e. The Morgan fingerprint density at radius 2 is 1.85 bits per heavy atom. The molecule has 0 aliphatic rings. The van der Waals surface area contributed by atoms with Crippen LogP contribution in [0.15, 0.2) is 0 Å². The second-order valence-corrected chi connectivity index (χ2v) is 2.85. The lowest BCUT2D eigenvalue weighted by molar-refractivity contribution is 0.0695. The highest BCUT2D eigenvalue weighted by atomic mass is 16.5. The van der Waals surface area contributed by atoms with Crippen LogP contribution in [0, 0.1) is 0 Å². The molecular formula is C9H22N2O2. The van der Waals surface area contributed by atoms with Crippen LogP contribution < -0.4 is 11.1 Å². The second-order valence-electron chi connectivity index (χ2n) is 2.85. The maximum absolute atomic E-state index is 5.35. The van der Waals surface area contributed by atoms with Crippen LogP contribution in [0.3, 0.4) is 0 Å². The number of hydrogen-bond acceptors (Lipinski definition) is 4. The van der Waals surface area contributed by atoms with Gasteiger partial charge in [0.2, 0.25) is 0 Å². The van der Waals surface area contributed by atoms with Gasteiger partial charge in [0, 0.05) is 13.7 Å². The van der Waals surface area contributed by atoms with Gasteiger partial charge in [0.15, 0.2) is 0 Å². The zero-order valence-corrected chi connectivity index (χ0v) is 8.55. The summed E-state index contributed by atoms with van der Waals surface area (Å²) in [6, 6.07) is 0. The molecule has 0 bridgehead atoms. The normalized spacial score (nSPS) is 10.6. The number of nitrogens with one attached hydrogen (secondary N) is 1. The van der Waals surface area contributed by atoms with Gasteiger partial charge in [-0.1, -0.05) is 0 Å². The molecule has 0 saturated heterocycles. The van der Waals surface area contributed by atoms with E-state index < -0.39 is 0 Å². The van der Waals surface area contributed by atoms with E-state index in [-0.39, 0.29) is 0 Å². The van der Waals surface area contributed by atoms with Gasteiger partial charge in [-0.2, -0.15) is 0 Å². The fourth-order valence-corrected chi connectivity index (χ4v) is 0.896. The molecule has 0 amide bonds. The van der Waals surface area contributed by atoms with E-state index in [2.05, 4.69) is 5.32 Å². The maximum atomic E-state index is 5.35. The first-order chi connectivity index (χ1) is 6.41. The lowest BCUT2D eigenvalue weighted by atomic mass is 10.4. The van der Waals surface area contributed by atoms with Crippen molar-refractivity contribution in [3.63, 3.8) is 0 Å². The molecule has 0 aliphatic heterocycles. The van der Waals surface area contributed by atoms with Crippen molar-refractivity contribution in [1.82, 2.24) is 5.32 Å². The molecule has 0 atom stereocenters. The van der Waals surface area contributed by atoms with E-state index in [1.165, 1.54) is 0 Å². The predicted molar refractivity (Wildman–Crippen MR) is 53.9 cm³/mol. The lowest BCUT2D eigenvalue weighted by Gasteiger charge is -2.04.